The Kier molecular flexibility index (Phi) is 4.66. The maximum Gasteiger partial charge on any atom is 0.0985 e. The highest BCUT2D eigenvalue weighted by atomic mass is 16.5. The van der Waals surface area contributed by atoms with Crippen LogP contribution in [0.1, 0.15) is 64.0 Å². The molecular formula is C19H29NO. The summed E-state index contributed by atoms with van der Waals surface area (Å²) in [5.74, 6) is 0.915. The lowest BCUT2D eigenvalue weighted by atomic mass is 9.76. The van der Waals surface area contributed by atoms with Gasteiger partial charge < -0.3 is 10.1 Å². The van der Waals surface area contributed by atoms with E-state index in [0.29, 0.717) is 6.04 Å². The molecule has 0 amide bonds. The molecule has 1 saturated heterocycles. The van der Waals surface area contributed by atoms with Crippen molar-refractivity contribution < 1.29 is 4.74 Å². The third-order valence-electron chi connectivity index (χ3n) is 5.59. The molecule has 1 heterocycles. The highest BCUT2D eigenvalue weighted by Crippen LogP contribution is 2.42. The Hall–Kier alpha value is -0.860. The fraction of sp³-hybridized carbons (Fsp3) is 0.684. The molecule has 0 aromatic heterocycles. The normalized spacial score (nSPS) is 36.8. The number of hydrogen-bond donors (Lipinski definition) is 1. The molecule has 1 aromatic rings. The van der Waals surface area contributed by atoms with Crippen LogP contribution in [0.5, 0.6) is 0 Å². The smallest absolute Gasteiger partial charge is 0.0985 e. The fourth-order valence-electron chi connectivity index (χ4n) is 4.03. The van der Waals surface area contributed by atoms with Gasteiger partial charge in [-0.3, -0.25) is 0 Å². The second-order valence-corrected chi connectivity index (χ2v) is 6.88. The molecule has 3 rings (SSSR count). The van der Waals surface area contributed by atoms with E-state index < -0.39 is 0 Å². The van der Waals surface area contributed by atoms with Crippen LogP contribution in [0.4, 0.5) is 0 Å². The summed E-state index contributed by atoms with van der Waals surface area (Å²) in [7, 11) is 0. The van der Waals surface area contributed by atoms with Crippen molar-refractivity contribution in [2.75, 3.05) is 6.54 Å². The first-order chi connectivity index (χ1) is 10.3. The van der Waals surface area contributed by atoms with Crippen LogP contribution in [0.15, 0.2) is 30.3 Å². The van der Waals surface area contributed by atoms with E-state index in [2.05, 4.69) is 49.5 Å². The third kappa shape index (κ3) is 3.17. The lowest BCUT2D eigenvalue weighted by Crippen LogP contribution is -2.56. The van der Waals surface area contributed by atoms with Crippen LogP contribution in [0.25, 0.3) is 0 Å². The van der Waals surface area contributed by atoms with Gasteiger partial charge in [0.1, 0.15) is 0 Å². The van der Waals surface area contributed by atoms with Gasteiger partial charge >= 0.3 is 0 Å². The van der Waals surface area contributed by atoms with E-state index in [1.807, 2.05) is 0 Å². The first-order valence-corrected chi connectivity index (χ1v) is 8.72. The molecule has 2 atom stereocenters. The maximum absolute atomic E-state index is 6.73. The third-order valence-corrected chi connectivity index (χ3v) is 5.59. The minimum absolute atomic E-state index is 0.0812. The Morgan fingerprint density at radius 3 is 2.43 bits per heavy atom. The fourth-order valence-corrected chi connectivity index (χ4v) is 4.03. The van der Waals surface area contributed by atoms with Gasteiger partial charge in [-0.1, -0.05) is 50.6 Å². The summed E-state index contributed by atoms with van der Waals surface area (Å²) in [5, 5.41) is 3.79. The molecule has 116 valence electrons. The monoisotopic (exact) mass is 287 g/mol. The zero-order valence-electron chi connectivity index (χ0n) is 13.5. The van der Waals surface area contributed by atoms with Crippen LogP contribution in [0.3, 0.4) is 0 Å². The molecule has 1 saturated carbocycles. The van der Waals surface area contributed by atoms with Gasteiger partial charge in [0.15, 0.2) is 0 Å². The van der Waals surface area contributed by atoms with Crippen molar-refractivity contribution in [1.82, 2.24) is 5.32 Å². The largest absolute Gasteiger partial charge is 0.364 e. The number of benzene rings is 1. The molecule has 2 fully saturated rings. The van der Waals surface area contributed by atoms with Gasteiger partial charge in [-0.05, 0) is 43.6 Å². The summed E-state index contributed by atoms with van der Waals surface area (Å²) >= 11 is 0. The average Bonchev–Trinajstić information content (AvgIpc) is 2.56. The Morgan fingerprint density at radius 2 is 1.81 bits per heavy atom. The summed E-state index contributed by atoms with van der Waals surface area (Å²) in [4.78, 5) is 0. The van der Waals surface area contributed by atoms with Gasteiger partial charge in [0.25, 0.3) is 0 Å². The van der Waals surface area contributed by atoms with Crippen molar-refractivity contribution in [3.8, 4) is 0 Å². The number of hydrogen-bond acceptors (Lipinski definition) is 2. The van der Waals surface area contributed by atoms with Crippen molar-refractivity contribution in [3.05, 3.63) is 35.9 Å². The van der Waals surface area contributed by atoms with Crippen LogP contribution in [-0.4, -0.2) is 18.2 Å². The van der Waals surface area contributed by atoms with Gasteiger partial charge in [0, 0.05) is 12.6 Å². The van der Waals surface area contributed by atoms with Crippen molar-refractivity contribution >= 4 is 0 Å². The quantitative estimate of drug-likeness (QED) is 0.886. The number of nitrogens with one attached hydrogen (secondary N) is 1. The highest BCUT2D eigenvalue weighted by Gasteiger charge is 2.43. The molecule has 1 aliphatic carbocycles. The van der Waals surface area contributed by atoms with E-state index in [1.54, 1.807) is 0 Å². The predicted octanol–water partition coefficient (Wildman–Crippen LogP) is 4.47. The van der Waals surface area contributed by atoms with Gasteiger partial charge in [-0.2, -0.15) is 0 Å². The lowest BCUT2D eigenvalue weighted by Gasteiger charge is -2.49. The van der Waals surface area contributed by atoms with Crippen LogP contribution >= 0.6 is 0 Å². The molecule has 2 unspecified atom stereocenters. The highest BCUT2D eigenvalue weighted by molar-refractivity contribution is 5.20. The molecule has 21 heavy (non-hydrogen) atoms. The summed E-state index contributed by atoms with van der Waals surface area (Å²) in [6, 6.07) is 11.2. The van der Waals surface area contributed by atoms with Gasteiger partial charge in [-0.25, -0.2) is 0 Å². The molecular weight excluding hydrogens is 258 g/mol. The maximum atomic E-state index is 6.73. The van der Waals surface area contributed by atoms with E-state index >= 15 is 0 Å². The van der Waals surface area contributed by atoms with Crippen molar-refractivity contribution in [2.45, 2.75) is 70.1 Å². The number of ether oxygens (including phenoxy) is 1. The summed E-state index contributed by atoms with van der Waals surface area (Å²) in [5.41, 5.74) is 1.41. The molecule has 2 aliphatic rings. The van der Waals surface area contributed by atoms with Crippen molar-refractivity contribution in [3.63, 3.8) is 0 Å². The van der Waals surface area contributed by atoms with Gasteiger partial charge in [-0.15, -0.1) is 0 Å². The molecule has 1 aromatic carbocycles. The molecule has 0 bridgehead atoms. The Morgan fingerprint density at radius 1 is 1.10 bits per heavy atom. The van der Waals surface area contributed by atoms with Crippen LogP contribution < -0.4 is 5.32 Å². The van der Waals surface area contributed by atoms with Crippen LogP contribution in [-0.2, 0) is 4.74 Å². The number of rotatable bonds is 3. The zero-order chi connectivity index (χ0) is 14.7. The van der Waals surface area contributed by atoms with Gasteiger partial charge in [0.05, 0.1) is 11.7 Å². The van der Waals surface area contributed by atoms with E-state index in [9.17, 15) is 0 Å². The average molecular weight is 287 g/mol. The molecule has 2 heteroatoms. The van der Waals surface area contributed by atoms with Crippen molar-refractivity contribution in [2.24, 2.45) is 5.92 Å². The first-order valence-electron chi connectivity index (χ1n) is 8.72. The predicted molar refractivity (Wildman–Crippen MR) is 87.3 cm³/mol. The van der Waals surface area contributed by atoms with Gasteiger partial charge in [0.2, 0.25) is 0 Å². The Balaban J connectivity index is 1.76. The lowest BCUT2D eigenvalue weighted by molar-refractivity contribution is -0.158. The molecule has 0 radical (unpaired) electrons. The minimum atomic E-state index is 0.0812. The SMILES string of the molecule is CCC1CCC2(CC1)CNC(CC)C(c1ccccc1)O2. The zero-order valence-corrected chi connectivity index (χ0v) is 13.5. The molecule has 1 aliphatic heterocycles. The van der Waals surface area contributed by atoms with Crippen LogP contribution in [0, 0.1) is 5.92 Å². The molecule has 2 nitrogen and oxygen atoms in total. The topological polar surface area (TPSA) is 21.3 Å². The molecule has 1 spiro atoms. The second-order valence-electron chi connectivity index (χ2n) is 6.88. The standard InChI is InChI=1S/C19H29NO/c1-3-15-10-12-19(13-11-15)14-20-17(4-2)18(21-19)16-8-6-5-7-9-16/h5-9,15,17-18,20H,3-4,10-14H2,1-2H3. The van der Waals surface area contributed by atoms with E-state index in [-0.39, 0.29) is 11.7 Å². The summed E-state index contributed by atoms with van der Waals surface area (Å²) < 4.78 is 6.73. The summed E-state index contributed by atoms with van der Waals surface area (Å²) in [6.07, 6.45) is 7.75. The Labute approximate surface area is 129 Å². The Bertz CT molecular complexity index is 431. The summed E-state index contributed by atoms with van der Waals surface area (Å²) in [6.45, 7) is 5.61. The number of morpholine rings is 1. The van der Waals surface area contributed by atoms with Crippen LogP contribution in [0.2, 0.25) is 0 Å². The van der Waals surface area contributed by atoms with Crippen molar-refractivity contribution in [1.29, 1.82) is 0 Å². The van der Waals surface area contributed by atoms with E-state index in [4.69, 9.17) is 4.74 Å². The van der Waals surface area contributed by atoms with E-state index in [0.717, 1.165) is 18.9 Å². The first kappa shape index (κ1) is 15.1. The molecule has 1 N–H and O–H groups in total. The van der Waals surface area contributed by atoms with E-state index in [1.165, 1.54) is 37.7 Å². The minimum Gasteiger partial charge on any atom is -0.364 e. The second kappa shape index (κ2) is 6.50.